The highest BCUT2D eigenvalue weighted by atomic mass is 19.1. The van der Waals surface area contributed by atoms with Crippen LogP contribution in [0.5, 0.6) is 0 Å². The van der Waals surface area contributed by atoms with Crippen LogP contribution in [0.25, 0.3) is 10.9 Å². The van der Waals surface area contributed by atoms with Crippen LogP contribution in [0.3, 0.4) is 0 Å². The van der Waals surface area contributed by atoms with E-state index in [1.54, 1.807) is 6.07 Å². The molecule has 130 valence electrons. The number of nitro groups is 1. The summed E-state index contributed by atoms with van der Waals surface area (Å²) >= 11 is 0. The summed E-state index contributed by atoms with van der Waals surface area (Å²) in [5.41, 5.74) is 0.570. The Bertz CT molecular complexity index is 1000. The minimum Gasteiger partial charge on any atom is -0.343 e. The van der Waals surface area contributed by atoms with Gasteiger partial charge in [0, 0.05) is 35.4 Å². The van der Waals surface area contributed by atoms with Crippen molar-refractivity contribution in [3.05, 3.63) is 74.6 Å². The molecule has 0 saturated carbocycles. The summed E-state index contributed by atoms with van der Waals surface area (Å²) in [6, 6.07) is 9.07. The Morgan fingerprint density at radius 2 is 2.00 bits per heavy atom. The maximum Gasteiger partial charge on any atom is 0.334 e. The van der Waals surface area contributed by atoms with Crippen molar-refractivity contribution in [1.29, 1.82) is 0 Å². The summed E-state index contributed by atoms with van der Waals surface area (Å²) in [5.74, 6) is 0.0227. The molecule has 6 nitrogen and oxygen atoms in total. The number of pyridine rings is 1. The molecule has 25 heavy (non-hydrogen) atoms. The zero-order chi connectivity index (χ0) is 18.1. The molecule has 0 aliphatic carbocycles. The van der Waals surface area contributed by atoms with Crippen LogP contribution < -0.4 is 5.56 Å². The van der Waals surface area contributed by atoms with Crippen molar-refractivity contribution in [2.45, 2.75) is 26.9 Å². The van der Waals surface area contributed by atoms with E-state index in [1.807, 2.05) is 10.6 Å². The van der Waals surface area contributed by atoms with Crippen molar-refractivity contribution in [2.24, 2.45) is 5.92 Å². The molecule has 0 spiro atoms. The lowest BCUT2D eigenvalue weighted by molar-refractivity contribution is -0.386. The van der Waals surface area contributed by atoms with Gasteiger partial charge < -0.3 is 9.13 Å². The van der Waals surface area contributed by atoms with Gasteiger partial charge in [0.25, 0.3) is 0 Å². The smallest absolute Gasteiger partial charge is 0.334 e. The molecular formula is C18H18FN3O3. The van der Waals surface area contributed by atoms with Gasteiger partial charge in [-0.1, -0.05) is 13.8 Å². The second kappa shape index (κ2) is 6.51. The second-order valence-electron chi connectivity index (χ2n) is 6.43. The van der Waals surface area contributed by atoms with E-state index in [9.17, 15) is 19.3 Å². The fourth-order valence-electron chi connectivity index (χ4n) is 2.97. The van der Waals surface area contributed by atoms with E-state index in [0.717, 1.165) is 16.6 Å². The predicted octanol–water partition coefficient (Wildman–Crippen LogP) is 3.55. The van der Waals surface area contributed by atoms with E-state index >= 15 is 0 Å². The van der Waals surface area contributed by atoms with Crippen LogP contribution >= 0.6 is 0 Å². The largest absolute Gasteiger partial charge is 0.343 e. The Balaban J connectivity index is 2.11. The monoisotopic (exact) mass is 343 g/mol. The van der Waals surface area contributed by atoms with E-state index in [0.29, 0.717) is 12.5 Å². The van der Waals surface area contributed by atoms with Gasteiger partial charge in [-0.15, -0.1) is 0 Å². The van der Waals surface area contributed by atoms with E-state index < -0.39 is 16.2 Å². The Kier molecular flexibility index (Phi) is 4.39. The lowest BCUT2D eigenvalue weighted by atomic mass is 10.2. The molecule has 0 aliphatic heterocycles. The van der Waals surface area contributed by atoms with E-state index in [4.69, 9.17) is 0 Å². The first-order chi connectivity index (χ1) is 11.9. The molecular weight excluding hydrogens is 325 g/mol. The molecule has 0 aliphatic rings. The van der Waals surface area contributed by atoms with Crippen LogP contribution in [-0.4, -0.2) is 14.1 Å². The quantitative estimate of drug-likeness (QED) is 0.525. The van der Waals surface area contributed by atoms with Crippen molar-refractivity contribution < 1.29 is 9.31 Å². The third kappa shape index (κ3) is 3.31. The normalized spacial score (nSPS) is 11.4. The Labute approximate surface area is 143 Å². The highest BCUT2D eigenvalue weighted by Crippen LogP contribution is 2.23. The Morgan fingerprint density at radius 1 is 1.24 bits per heavy atom. The fraction of sp³-hybridized carbons (Fsp3) is 0.278. The number of aromatic nitrogens is 2. The van der Waals surface area contributed by atoms with Crippen LogP contribution in [-0.2, 0) is 13.1 Å². The summed E-state index contributed by atoms with van der Waals surface area (Å²) in [6.07, 6.45) is 1.52. The molecule has 0 radical (unpaired) electrons. The topological polar surface area (TPSA) is 70.1 Å². The SMILES string of the molecule is CC(C)Cn1c(Cn2cccc([N+](=O)[O-])c2=O)cc2cc(F)ccc21. The molecule has 1 aromatic carbocycles. The molecule has 0 bridgehead atoms. The second-order valence-corrected chi connectivity index (χ2v) is 6.43. The van der Waals surface area contributed by atoms with Crippen LogP contribution in [0.4, 0.5) is 10.1 Å². The molecule has 0 N–H and O–H groups in total. The minimum atomic E-state index is -0.683. The third-order valence-corrected chi connectivity index (χ3v) is 4.03. The number of hydrogen-bond donors (Lipinski definition) is 0. The summed E-state index contributed by atoms with van der Waals surface area (Å²) in [7, 11) is 0. The van der Waals surface area contributed by atoms with Gasteiger partial charge in [0.15, 0.2) is 0 Å². The number of fused-ring (bicyclic) bond motifs is 1. The third-order valence-electron chi connectivity index (χ3n) is 4.03. The molecule has 0 fully saturated rings. The zero-order valence-electron chi connectivity index (χ0n) is 14.0. The van der Waals surface area contributed by atoms with Crippen LogP contribution in [0.2, 0.25) is 0 Å². The van der Waals surface area contributed by atoms with E-state index in [1.165, 1.54) is 35.0 Å². The summed E-state index contributed by atoms with van der Waals surface area (Å²) < 4.78 is 16.9. The highest BCUT2D eigenvalue weighted by molar-refractivity contribution is 5.81. The minimum absolute atomic E-state index is 0.184. The standard InChI is InChI=1S/C18H18FN3O3/c1-12(2)10-21-15(9-13-8-14(19)5-6-16(13)21)11-20-7-3-4-17(18(20)23)22(24)25/h3-9,12H,10-11H2,1-2H3. The highest BCUT2D eigenvalue weighted by Gasteiger charge is 2.16. The molecule has 0 atom stereocenters. The Morgan fingerprint density at radius 3 is 2.68 bits per heavy atom. The first-order valence-electron chi connectivity index (χ1n) is 7.98. The molecule has 0 saturated heterocycles. The van der Waals surface area contributed by atoms with E-state index in [-0.39, 0.29) is 12.4 Å². The first-order valence-corrected chi connectivity index (χ1v) is 7.98. The molecule has 3 rings (SSSR count). The number of benzene rings is 1. The van der Waals surface area contributed by atoms with Gasteiger partial charge in [0.1, 0.15) is 5.82 Å². The molecule has 2 heterocycles. The number of halogens is 1. The van der Waals surface area contributed by atoms with Crippen molar-refractivity contribution in [3.63, 3.8) is 0 Å². The van der Waals surface area contributed by atoms with Crippen molar-refractivity contribution in [1.82, 2.24) is 9.13 Å². The predicted molar refractivity (Wildman–Crippen MR) is 93.2 cm³/mol. The van der Waals surface area contributed by atoms with Gasteiger partial charge in [-0.3, -0.25) is 14.9 Å². The number of nitrogens with zero attached hydrogens (tertiary/aromatic N) is 3. The molecule has 2 aromatic heterocycles. The molecule has 0 unspecified atom stereocenters. The van der Waals surface area contributed by atoms with Crippen molar-refractivity contribution in [2.75, 3.05) is 0 Å². The summed E-state index contributed by atoms with van der Waals surface area (Å²) in [6.45, 7) is 5.02. The van der Waals surface area contributed by atoms with E-state index in [2.05, 4.69) is 13.8 Å². The van der Waals surface area contributed by atoms with Crippen LogP contribution in [0.1, 0.15) is 19.5 Å². The first kappa shape index (κ1) is 16.9. The average molecular weight is 343 g/mol. The summed E-state index contributed by atoms with van der Waals surface area (Å²) in [5, 5.41) is 11.7. The van der Waals surface area contributed by atoms with Gasteiger partial charge in [0.2, 0.25) is 0 Å². The lowest BCUT2D eigenvalue weighted by Crippen LogP contribution is -2.23. The summed E-state index contributed by atoms with van der Waals surface area (Å²) in [4.78, 5) is 22.5. The molecule has 0 amide bonds. The van der Waals surface area contributed by atoms with Crippen molar-refractivity contribution in [3.8, 4) is 0 Å². The van der Waals surface area contributed by atoms with Gasteiger partial charge in [-0.05, 0) is 36.2 Å². The maximum atomic E-state index is 13.5. The number of hydrogen-bond acceptors (Lipinski definition) is 3. The maximum absolute atomic E-state index is 13.5. The number of rotatable bonds is 5. The average Bonchev–Trinajstić information content (AvgIpc) is 2.85. The van der Waals surface area contributed by atoms with Gasteiger partial charge >= 0.3 is 11.2 Å². The zero-order valence-corrected chi connectivity index (χ0v) is 14.0. The van der Waals surface area contributed by atoms with Crippen molar-refractivity contribution >= 4 is 16.6 Å². The fourth-order valence-corrected chi connectivity index (χ4v) is 2.97. The van der Waals surface area contributed by atoms with Crippen LogP contribution in [0.15, 0.2) is 47.4 Å². The van der Waals surface area contributed by atoms with Gasteiger partial charge in [-0.2, -0.15) is 0 Å². The lowest BCUT2D eigenvalue weighted by Gasteiger charge is -2.14. The molecule has 7 heteroatoms. The van der Waals surface area contributed by atoms with Gasteiger partial charge in [-0.25, -0.2) is 4.39 Å². The Hall–Kier alpha value is -2.96. The van der Waals surface area contributed by atoms with Crippen LogP contribution in [0, 0.1) is 21.8 Å². The molecule has 3 aromatic rings. The van der Waals surface area contributed by atoms with Gasteiger partial charge in [0.05, 0.1) is 11.5 Å².